The molecule has 0 heterocycles. The SMILES string of the molecule is C=COC(C)=O.O=C(O)CI. The molecule has 0 saturated heterocycles. The van der Waals surface area contributed by atoms with Gasteiger partial charge in [0.05, 0.1) is 10.7 Å². The molecule has 0 aliphatic rings. The Morgan fingerprint density at radius 1 is 1.73 bits per heavy atom. The quantitative estimate of drug-likeness (QED) is 0.355. The molecule has 64 valence electrons. The van der Waals surface area contributed by atoms with E-state index in [1.165, 1.54) is 6.92 Å². The number of rotatable bonds is 2. The van der Waals surface area contributed by atoms with Crippen molar-refractivity contribution in [3.8, 4) is 0 Å². The minimum atomic E-state index is -0.759. The van der Waals surface area contributed by atoms with Crippen LogP contribution in [0.5, 0.6) is 0 Å². The van der Waals surface area contributed by atoms with Crippen molar-refractivity contribution in [3.05, 3.63) is 12.8 Å². The van der Waals surface area contributed by atoms with Crippen LogP contribution in [0.25, 0.3) is 0 Å². The molecule has 1 N–H and O–H groups in total. The minimum Gasteiger partial charge on any atom is -0.481 e. The highest BCUT2D eigenvalue weighted by Gasteiger charge is 1.82. The van der Waals surface area contributed by atoms with Gasteiger partial charge in [-0.15, -0.1) is 0 Å². The highest BCUT2D eigenvalue weighted by Crippen LogP contribution is 1.75. The average molecular weight is 272 g/mol. The van der Waals surface area contributed by atoms with Crippen molar-refractivity contribution in [2.75, 3.05) is 4.43 Å². The lowest BCUT2D eigenvalue weighted by molar-refractivity contribution is -0.135. The van der Waals surface area contributed by atoms with Crippen LogP contribution < -0.4 is 0 Å². The standard InChI is InChI=1S/C4H6O2.C2H3IO2/c1-3-6-4(2)5;3-1-2(4)5/h3H,1H2,2H3;1H2,(H,4,5). The van der Waals surface area contributed by atoms with Crippen LogP contribution in [0.2, 0.25) is 0 Å². The fraction of sp³-hybridized carbons (Fsp3) is 0.333. The Hall–Kier alpha value is -0.590. The molecule has 0 aliphatic heterocycles. The van der Waals surface area contributed by atoms with Crippen LogP contribution in [0.1, 0.15) is 6.92 Å². The van der Waals surface area contributed by atoms with Gasteiger partial charge >= 0.3 is 11.9 Å². The summed E-state index contributed by atoms with van der Waals surface area (Å²) in [6, 6.07) is 0. The summed E-state index contributed by atoms with van der Waals surface area (Å²) in [5.74, 6) is -1.09. The van der Waals surface area contributed by atoms with Crippen LogP contribution in [-0.2, 0) is 14.3 Å². The molecule has 0 bridgehead atoms. The first kappa shape index (κ1) is 13.0. The van der Waals surface area contributed by atoms with Crippen molar-refractivity contribution in [2.24, 2.45) is 0 Å². The van der Waals surface area contributed by atoms with E-state index in [4.69, 9.17) is 5.11 Å². The number of halogens is 1. The first-order valence-corrected chi connectivity index (χ1v) is 4.13. The Labute approximate surface area is 78.4 Å². The van der Waals surface area contributed by atoms with Crippen LogP contribution in [0.3, 0.4) is 0 Å². The first-order valence-electron chi connectivity index (χ1n) is 2.60. The number of carboxylic acids is 1. The number of carboxylic acid groups (broad SMARTS) is 1. The summed E-state index contributed by atoms with van der Waals surface area (Å²) in [4.78, 5) is 19.1. The predicted molar refractivity (Wildman–Crippen MR) is 48.5 cm³/mol. The molecule has 0 saturated carbocycles. The Morgan fingerprint density at radius 3 is 2.09 bits per heavy atom. The second-order valence-corrected chi connectivity index (χ2v) is 2.07. The van der Waals surface area contributed by atoms with E-state index >= 15 is 0 Å². The van der Waals surface area contributed by atoms with Crippen LogP contribution in [-0.4, -0.2) is 21.5 Å². The molecule has 0 aromatic carbocycles. The van der Waals surface area contributed by atoms with Gasteiger partial charge in [0.15, 0.2) is 0 Å². The van der Waals surface area contributed by atoms with Crippen LogP contribution in [0, 0.1) is 0 Å². The van der Waals surface area contributed by atoms with Gasteiger partial charge in [-0.05, 0) is 0 Å². The largest absolute Gasteiger partial charge is 0.481 e. The molecule has 0 amide bonds. The Kier molecular flexibility index (Phi) is 11.1. The Morgan fingerprint density at radius 2 is 2.09 bits per heavy atom. The zero-order valence-corrected chi connectivity index (χ0v) is 8.20. The summed E-state index contributed by atoms with van der Waals surface area (Å²) in [7, 11) is 0. The Bertz CT molecular complexity index is 144. The van der Waals surface area contributed by atoms with Crippen molar-refractivity contribution in [1.82, 2.24) is 0 Å². The van der Waals surface area contributed by atoms with Crippen molar-refractivity contribution in [2.45, 2.75) is 6.92 Å². The van der Waals surface area contributed by atoms with Crippen molar-refractivity contribution < 1.29 is 19.4 Å². The number of hydrogen-bond donors (Lipinski definition) is 1. The average Bonchev–Trinajstić information content (AvgIpc) is 1.89. The summed E-state index contributed by atoms with van der Waals surface area (Å²) < 4.78 is 4.36. The molecule has 5 heteroatoms. The van der Waals surface area contributed by atoms with Crippen molar-refractivity contribution in [1.29, 1.82) is 0 Å². The normalized spacial score (nSPS) is 7.09. The smallest absolute Gasteiger partial charge is 0.313 e. The zero-order valence-electron chi connectivity index (χ0n) is 6.04. The second kappa shape index (κ2) is 9.41. The van der Waals surface area contributed by atoms with Crippen LogP contribution in [0.15, 0.2) is 12.8 Å². The zero-order chi connectivity index (χ0) is 9.28. The molecule has 0 aromatic rings. The van der Waals surface area contributed by atoms with E-state index < -0.39 is 5.97 Å². The van der Waals surface area contributed by atoms with E-state index in [1.54, 1.807) is 22.6 Å². The lowest BCUT2D eigenvalue weighted by atomic mass is 10.8. The molecule has 11 heavy (non-hydrogen) atoms. The Balaban J connectivity index is 0. The first-order chi connectivity index (χ1) is 5.04. The fourth-order valence-corrected chi connectivity index (χ4v) is 0.117. The molecular formula is C6H9IO4. The summed E-state index contributed by atoms with van der Waals surface area (Å²) in [5, 5.41) is 7.71. The van der Waals surface area contributed by atoms with Crippen LogP contribution in [0.4, 0.5) is 0 Å². The summed E-state index contributed by atoms with van der Waals surface area (Å²) >= 11 is 1.78. The molecule has 0 aromatic heterocycles. The third kappa shape index (κ3) is 26.6. The summed E-state index contributed by atoms with van der Waals surface area (Å²) in [6.07, 6.45) is 1.10. The topological polar surface area (TPSA) is 63.6 Å². The number of aliphatic carboxylic acids is 1. The van der Waals surface area contributed by atoms with E-state index in [0.717, 1.165) is 6.26 Å². The van der Waals surface area contributed by atoms with Gasteiger partial charge in [-0.2, -0.15) is 0 Å². The molecular weight excluding hydrogens is 263 g/mol. The molecule has 0 unspecified atom stereocenters. The number of alkyl halides is 1. The van der Waals surface area contributed by atoms with Crippen molar-refractivity contribution in [3.63, 3.8) is 0 Å². The van der Waals surface area contributed by atoms with Gasteiger partial charge in [-0.3, -0.25) is 9.59 Å². The number of carbonyl (C=O) groups excluding carboxylic acids is 1. The number of carbonyl (C=O) groups is 2. The van der Waals surface area contributed by atoms with Gasteiger partial charge < -0.3 is 9.84 Å². The van der Waals surface area contributed by atoms with Gasteiger partial charge in [0.1, 0.15) is 0 Å². The molecule has 0 atom stereocenters. The second-order valence-electron chi connectivity index (χ2n) is 1.30. The maximum absolute atomic E-state index is 9.75. The van der Waals surface area contributed by atoms with Gasteiger partial charge in [-0.1, -0.05) is 29.2 Å². The summed E-state index contributed by atoms with van der Waals surface area (Å²) in [5.41, 5.74) is 0. The minimum absolute atomic E-state index is 0.192. The molecule has 0 spiro atoms. The lowest BCUT2D eigenvalue weighted by Crippen LogP contribution is -1.91. The molecule has 4 nitrogen and oxygen atoms in total. The third-order valence-corrected chi connectivity index (χ3v) is 1.02. The predicted octanol–water partition coefficient (Wildman–Crippen LogP) is 1.20. The van der Waals surface area contributed by atoms with E-state index in [-0.39, 0.29) is 10.4 Å². The van der Waals surface area contributed by atoms with E-state index in [0.29, 0.717) is 0 Å². The van der Waals surface area contributed by atoms with E-state index in [9.17, 15) is 9.59 Å². The number of ether oxygens (including phenoxy) is 1. The number of esters is 1. The van der Waals surface area contributed by atoms with E-state index in [2.05, 4.69) is 11.3 Å². The maximum Gasteiger partial charge on any atom is 0.313 e. The van der Waals surface area contributed by atoms with Crippen LogP contribution >= 0.6 is 22.6 Å². The monoisotopic (exact) mass is 272 g/mol. The van der Waals surface area contributed by atoms with Crippen molar-refractivity contribution >= 4 is 34.5 Å². The number of hydrogen-bond acceptors (Lipinski definition) is 3. The summed E-state index contributed by atoms with van der Waals surface area (Å²) in [6.45, 7) is 4.48. The van der Waals surface area contributed by atoms with Gasteiger partial charge in [-0.25, -0.2) is 0 Å². The fourth-order valence-electron chi connectivity index (χ4n) is 0.117. The highest BCUT2D eigenvalue weighted by atomic mass is 127. The molecule has 0 fully saturated rings. The lowest BCUT2D eigenvalue weighted by Gasteiger charge is -1.83. The van der Waals surface area contributed by atoms with Gasteiger partial charge in [0, 0.05) is 6.92 Å². The molecule has 0 aliphatic carbocycles. The molecule has 0 radical (unpaired) electrons. The maximum atomic E-state index is 9.75. The van der Waals surface area contributed by atoms with E-state index in [1.807, 2.05) is 0 Å². The van der Waals surface area contributed by atoms with Gasteiger partial charge in [0.2, 0.25) is 0 Å². The highest BCUT2D eigenvalue weighted by molar-refractivity contribution is 14.1. The third-order valence-electron chi connectivity index (χ3n) is 0.364. The molecule has 0 rings (SSSR count). The van der Waals surface area contributed by atoms with Gasteiger partial charge in [0.25, 0.3) is 0 Å².